The Kier molecular flexibility index (Phi) is 2.79. The van der Waals surface area contributed by atoms with Crippen LogP contribution < -0.4 is 0 Å². The van der Waals surface area contributed by atoms with Crippen molar-refractivity contribution < 1.29 is 0 Å². The minimum Gasteiger partial charge on any atom is -0.0847 e. The molecule has 2 unspecified atom stereocenters. The van der Waals surface area contributed by atoms with E-state index in [-0.39, 0.29) is 0 Å². The Morgan fingerprint density at radius 3 is 2.73 bits per heavy atom. The highest BCUT2D eigenvalue weighted by Gasteiger charge is 2.39. The summed E-state index contributed by atoms with van der Waals surface area (Å²) < 4.78 is 0. The number of hydrogen-bond donors (Lipinski definition) is 0. The van der Waals surface area contributed by atoms with Crippen LogP contribution in [0.2, 0.25) is 0 Å². The molecule has 0 aliphatic heterocycles. The van der Waals surface area contributed by atoms with E-state index in [0.29, 0.717) is 5.41 Å². The third-order valence-corrected chi connectivity index (χ3v) is 4.80. The van der Waals surface area contributed by atoms with Gasteiger partial charge < -0.3 is 0 Å². The maximum absolute atomic E-state index is 2.53. The highest BCUT2D eigenvalue weighted by Crippen LogP contribution is 2.52. The lowest BCUT2D eigenvalue weighted by atomic mass is 9.59. The maximum atomic E-state index is 2.53. The first-order valence-corrected chi connectivity index (χ1v) is 6.39. The Bertz CT molecular complexity index is 315. The summed E-state index contributed by atoms with van der Waals surface area (Å²) in [7, 11) is 0. The van der Waals surface area contributed by atoms with Crippen LogP contribution in [-0.2, 0) is 0 Å². The molecule has 0 bridgehead atoms. The molecular weight excluding hydrogens is 180 g/mol. The molecule has 0 aromatic heterocycles. The summed E-state index contributed by atoms with van der Waals surface area (Å²) >= 11 is 0. The van der Waals surface area contributed by atoms with Gasteiger partial charge in [0.25, 0.3) is 0 Å². The summed E-state index contributed by atoms with van der Waals surface area (Å²) in [6, 6.07) is 0. The second-order valence-corrected chi connectivity index (χ2v) is 5.91. The Balaban J connectivity index is 2.32. The van der Waals surface area contributed by atoms with E-state index in [1.54, 1.807) is 16.7 Å². The van der Waals surface area contributed by atoms with Crippen LogP contribution in [-0.4, -0.2) is 0 Å². The first kappa shape index (κ1) is 11.0. The standard InChI is InChI=1S/C15H24/c1-11(2)13-8-9-14-7-5-6-12(3)15(14,4)10-13/h7,12H,5-6,8-10H2,1-4H3. The van der Waals surface area contributed by atoms with E-state index in [0.717, 1.165) is 5.92 Å². The van der Waals surface area contributed by atoms with Crippen molar-refractivity contribution in [3.8, 4) is 0 Å². The molecule has 1 fully saturated rings. The van der Waals surface area contributed by atoms with E-state index >= 15 is 0 Å². The molecule has 2 rings (SSSR count). The van der Waals surface area contributed by atoms with Crippen LogP contribution >= 0.6 is 0 Å². The fraction of sp³-hybridized carbons (Fsp3) is 0.733. The van der Waals surface area contributed by atoms with Crippen molar-refractivity contribution in [2.75, 3.05) is 0 Å². The summed E-state index contributed by atoms with van der Waals surface area (Å²) in [5, 5.41) is 0. The molecule has 15 heavy (non-hydrogen) atoms. The maximum Gasteiger partial charge on any atom is -0.00534 e. The minimum absolute atomic E-state index is 0.489. The molecule has 0 aromatic carbocycles. The predicted octanol–water partition coefficient (Wildman–Crippen LogP) is 4.87. The minimum atomic E-state index is 0.489. The van der Waals surface area contributed by atoms with E-state index in [4.69, 9.17) is 0 Å². The fourth-order valence-corrected chi connectivity index (χ4v) is 3.30. The molecule has 2 atom stereocenters. The molecule has 0 heterocycles. The first-order valence-electron chi connectivity index (χ1n) is 6.39. The average molecular weight is 204 g/mol. The molecule has 0 amide bonds. The quantitative estimate of drug-likeness (QED) is 0.494. The normalized spacial score (nSPS) is 35.9. The van der Waals surface area contributed by atoms with Crippen molar-refractivity contribution in [3.63, 3.8) is 0 Å². The molecule has 0 nitrogen and oxygen atoms in total. The molecule has 0 radical (unpaired) electrons. The van der Waals surface area contributed by atoms with E-state index in [9.17, 15) is 0 Å². The number of rotatable bonds is 0. The van der Waals surface area contributed by atoms with E-state index in [1.165, 1.54) is 32.1 Å². The Morgan fingerprint density at radius 2 is 2.07 bits per heavy atom. The van der Waals surface area contributed by atoms with Crippen LogP contribution in [0.4, 0.5) is 0 Å². The monoisotopic (exact) mass is 204 g/mol. The van der Waals surface area contributed by atoms with Gasteiger partial charge in [-0.15, -0.1) is 0 Å². The third-order valence-electron chi connectivity index (χ3n) is 4.80. The van der Waals surface area contributed by atoms with Crippen LogP contribution in [0.1, 0.15) is 59.8 Å². The van der Waals surface area contributed by atoms with Crippen molar-refractivity contribution in [1.29, 1.82) is 0 Å². The lowest BCUT2D eigenvalue weighted by Crippen LogP contribution is -2.34. The van der Waals surface area contributed by atoms with Crippen molar-refractivity contribution in [3.05, 3.63) is 22.8 Å². The van der Waals surface area contributed by atoms with Gasteiger partial charge in [-0.2, -0.15) is 0 Å². The summed E-state index contributed by atoms with van der Waals surface area (Å²) in [6.07, 6.45) is 9.19. The molecule has 0 spiro atoms. The van der Waals surface area contributed by atoms with Gasteiger partial charge in [0.15, 0.2) is 0 Å². The Labute approximate surface area is 94.5 Å². The Hall–Kier alpha value is -0.520. The topological polar surface area (TPSA) is 0 Å². The lowest BCUT2D eigenvalue weighted by molar-refractivity contribution is 0.204. The summed E-state index contributed by atoms with van der Waals surface area (Å²) in [5.74, 6) is 0.868. The third kappa shape index (κ3) is 1.79. The highest BCUT2D eigenvalue weighted by atomic mass is 14.4. The Morgan fingerprint density at radius 1 is 1.33 bits per heavy atom. The van der Waals surface area contributed by atoms with Gasteiger partial charge >= 0.3 is 0 Å². The molecule has 2 aliphatic rings. The molecule has 0 saturated heterocycles. The second-order valence-electron chi connectivity index (χ2n) is 5.91. The van der Waals surface area contributed by atoms with Gasteiger partial charge in [0.1, 0.15) is 0 Å². The second kappa shape index (κ2) is 3.81. The molecule has 2 aliphatic carbocycles. The molecule has 0 aromatic rings. The zero-order valence-corrected chi connectivity index (χ0v) is 10.7. The van der Waals surface area contributed by atoms with Gasteiger partial charge in [0.05, 0.1) is 0 Å². The van der Waals surface area contributed by atoms with Gasteiger partial charge in [-0.1, -0.05) is 36.6 Å². The largest absolute Gasteiger partial charge is 0.0847 e. The molecule has 0 N–H and O–H groups in total. The van der Waals surface area contributed by atoms with E-state index in [1.807, 2.05) is 0 Å². The van der Waals surface area contributed by atoms with Gasteiger partial charge in [-0.25, -0.2) is 0 Å². The smallest absolute Gasteiger partial charge is 0.00534 e. The molecular formula is C15H24. The van der Waals surface area contributed by atoms with Gasteiger partial charge in [-0.3, -0.25) is 0 Å². The van der Waals surface area contributed by atoms with Crippen molar-refractivity contribution in [2.24, 2.45) is 11.3 Å². The number of allylic oxidation sites excluding steroid dienone is 4. The van der Waals surface area contributed by atoms with Crippen LogP contribution in [0.5, 0.6) is 0 Å². The van der Waals surface area contributed by atoms with Crippen LogP contribution in [0.15, 0.2) is 22.8 Å². The lowest BCUT2D eigenvalue weighted by Gasteiger charge is -2.45. The molecule has 0 heteroatoms. The fourth-order valence-electron chi connectivity index (χ4n) is 3.30. The van der Waals surface area contributed by atoms with Crippen LogP contribution in [0, 0.1) is 11.3 Å². The number of fused-ring (bicyclic) bond motifs is 1. The summed E-state index contributed by atoms with van der Waals surface area (Å²) in [4.78, 5) is 0. The van der Waals surface area contributed by atoms with Crippen molar-refractivity contribution >= 4 is 0 Å². The van der Waals surface area contributed by atoms with Crippen LogP contribution in [0.25, 0.3) is 0 Å². The summed E-state index contributed by atoms with van der Waals surface area (Å²) in [5.41, 5.74) is 5.53. The van der Waals surface area contributed by atoms with E-state index in [2.05, 4.69) is 33.8 Å². The van der Waals surface area contributed by atoms with Crippen molar-refractivity contribution in [2.45, 2.75) is 59.8 Å². The van der Waals surface area contributed by atoms with Gasteiger partial charge in [0.2, 0.25) is 0 Å². The number of hydrogen-bond acceptors (Lipinski definition) is 0. The average Bonchev–Trinajstić information content (AvgIpc) is 2.19. The highest BCUT2D eigenvalue weighted by molar-refractivity contribution is 5.29. The predicted molar refractivity (Wildman–Crippen MR) is 66.8 cm³/mol. The zero-order valence-electron chi connectivity index (χ0n) is 10.7. The molecule has 1 saturated carbocycles. The van der Waals surface area contributed by atoms with Crippen molar-refractivity contribution in [1.82, 2.24) is 0 Å². The van der Waals surface area contributed by atoms with Crippen LogP contribution in [0.3, 0.4) is 0 Å². The summed E-state index contributed by atoms with van der Waals surface area (Å²) in [6.45, 7) is 9.49. The first-order chi connectivity index (χ1) is 7.04. The van der Waals surface area contributed by atoms with Gasteiger partial charge in [0, 0.05) is 0 Å². The zero-order chi connectivity index (χ0) is 11.1. The van der Waals surface area contributed by atoms with Gasteiger partial charge in [-0.05, 0) is 57.3 Å². The van der Waals surface area contributed by atoms with E-state index < -0.39 is 0 Å². The SMILES string of the molecule is CC(C)=C1CCC2=CCCC(C)C2(C)C1. The molecule has 84 valence electrons.